The maximum absolute atomic E-state index is 13.1. The first-order valence-electron chi connectivity index (χ1n) is 9.10. The Hall–Kier alpha value is -2.33. The summed E-state index contributed by atoms with van der Waals surface area (Å²) >= 11 is 6.09. The van der Waals surface area contributed by atoms with E-state index in [0.29, 0.717) is 34.2 Å². The molecule has 2 N–H and O–H groups in total. The van der Waals surface area contributed by atoms with Gasteiger partial charge >= 0.3 is 6.18 Å². The Morgan fingerprint density at radius 2 is 1.93 bits per heavy atom. The van der Waals surface area contributed by atoms with Gasteiger partial charge in [0.05, 0.1) is 27.6 Å². The van der Waals surface area contributed by atoms with E-state index in [1.807, 2.05) is 0 Å². The monoisotopic (exact) mass is 461 g/mol. The molecule has 1 aliphatic rings. The normalized spacial score (nSPS) is 14.5. The molecule has 0 unspecified atom stereocenters. The number of amides is 1. The van der Waals surface area contributed by atoms with E-state index in [4.69, 9.17) is 11.6 Å². The summed E-state index contributed by atoms with van der Waals surface area (Å²) in [5, 5.41) is 6.24. The summed E-state index contributed by atoms with van der Waals surface area (Å²) in [6, 6.07) is 3.91. The van der Waals surface area contributed by atoms with Crippen molar-refractivity contribution >= 4 is 38.7 Å². The lowest BCUT2D eigenvalue weighted by Gasteiger charge is -2.17. The van der Waals surface area contributed by atoms with Crippen molar-refractivity contribution in [2.75, 3.05) is 16.4 Å². The van der Waals surface area contributed by atoms with E-state index in [0.717, 1.165) is 12.8 Å². The molecule has 0 atom stereocenters. The van der Waals surface area contributed by atoms with Crippen LogP contribution in [-0.2, 0) is 16.0 Å². The number of aryl methyl sites for hydroxylation is 1. The van der Waals surface area contributed by atoms with E-state index in [1.165, 1.54) is 6.92 Å². The van der Waals surface area contributed by atoms with Gasteiger partial charge in [-0.15, -0.1) is 0 Å². The van der Waals surface area contributed by atoms with Crippen LogP contribution in [0.25, 0.3) is 0 Å². The molecular weight excluding hydrogens is 443 g/mol. The number of pyridine rings is 1. The summed E-state index contributed by atoms with van der Waals surface area (Å²) in [4.78, 5) is 15.7. The molecule has 162 valence electrons. The van der Waals surface area contributed by atoms with Crippen LogP contribution in [0.2, 0.25) is 5.02 Å². The molecule has 1 fully saturated rings. The predicted molar refractivity (Wildman–Crippen MR) is 108 cm³/mol. The topological polar surface area (TPSA) is 88.2 Å². The van der Waals surface area contributed by atoms with Crippen molar-refractivity contribution in [2.45, 2.75) is 43.8 Å². The second-order valence-electron chi connectivity index (χ2n) is 6.99. The van der Waals surface area contributed by atoms with Crippen molar-refractivity contribution in [1.29, 1.82) is 0 Å². The Balaban J connectivity index is 2.04. The molecule has 11 heteroatoms. The quantitative estimate of drug-likeness (QED) is 0.652. The van der Waals surface area contributed by atoms with E-state index >= 15 is 0 Å². The summed E-state index contributed by atoms with van der Waals surface area (Å²) in [6.07, 6.45) is -2.44. The molecule has 0 radical (unpaired) electrons. The zero-order valence-electron chi connectivity index (χ0n) is 16.1. The third-order valence-electron chi connectivity index (χ3n) is 4.59. The van der Waals surface area contributed by atoms with Gasteiger partial charge in [-0.3, -0.25) is 4.79 Å². The first kappa shape index (κ1) is 22.4. The number of carbonyl (C=O) groups excluding carboxylic acids is 1. The molecule has 1 aromatic heterocycles. The molecule has 1 amide bonds. The second-order valence-corrected chi connectivity index (χ2v) is 9.67. The largest absolute Gasteiger partial charge is 0.417 e. The molecule has 1 aliphatic carbocycles. The molecule has 0 spiro atoms. The van der Waals surface area contributed by atoms with Crippen molar-refractivity contribution in [1.82, 2.24) is 4.98 Å². The molecule has 0 aliphatic heterocycles. The van der Waals surface area contributed by atoms with Gasteiger partial charge in [-0.2, -0.15) is 13.2 Å². The fraction of sp³-hybridized carbons (Fsp3) is 0.368. The maximum Gasteiger partial charge on any atom is 0.417 e. The fourth-order valence-corrected chi connectivity index (χ4v) is 4.14. The number of rotatable bonds is 6. The van der Waals surface area contributed by atoms with E-state index in [9.17, 15) is 26.4 Å². The van der Waals surface area contributed by atoms with E-state index in [1.54, 1.807) is 19.1 Å². The third-order valence-corrected chi connectivity index (χ3v) is 6.55. The van der Waals surface area contributed by atoms with Gasteiger partial charge in [-0.05, 0) is 43.5 Å². The Labute approximate surface area is 176 Å². The zero-order valence-corrected chi connectivity index (χ0v) is 17.7. The molecule has 6 nitrogen and oxygen atoms in total. The molecule has 1 heterocycles. The Morgan fingerprint density at radius 1 is 1.27 bits per heavy atom. The Bertz CT molecular complexity index is 1100. The van der Waals surface area contributed by atoms with E-state index < -0.39 is 43.8 Å². The van der Waals surface area contributed by atoms with Gasteiger partial charge in [0.2, 0.25) is 0 Å². The number of alkyl halides is 3. The maximum atomic E-state index is 13.1. The lowest BCUT2D eigenvalue weighted by Crippen LogP contribution is -2.22. The van der Waals surface area contributed by atoms with Crippen LogP contribution in [-0.4, -0.2) is 31.1 Å². The molecule has 1 saturated carbocycles. The van der Waals surface area contributed by atoms with Gasteiger partial charge in [0.1, 0.15) is 5.69 Å². The molecule has 2 aromatic rings. The summed E-state index contributed by atoms with van der Waals surface area (Å²) in [6.45, 7) is 2.97. The first-order valence-corrected chi connectivity index (χ1v) is 11.1. The highest BCUT2D eigenvalue weighted by atomic mass is 35.5. The molecule has 0 saturated heterocycles. The van der Waals surface area contributed by atoms with Crippen molar-refractivity contribution in [3.63, 3.8) is 0 Å². The number of halogens is 4. The Morgan fingerprint density at radius 3 is 2.50 bits per heavy atom. The average molecular weight is 462 g/mol. The summed E-state index contributed by atoms with van der Waals surface area (Å²) in [5.41, 5.74) is -0.340. The van der Waals surface area contributed by atoms with Gasteiger partial charge in [0, 0.05) is 17.3 Å². The summed E-state index contributed by atoms with van der Waals surface area (Å²) < 4.78 is 63.9. The standard InChI is InChI=1S/C19H19ClF3N3O3S/c1-3-30(28,29)15-7-11(19(21,22)23)9-24-17(15)18(27)26-16-10(2)6-12(20)8-14(16)25-13-4-5-13/h6-9,13,25H,3-5H2,1-2H3,(H,26,27). The Kier molecular flexibility index (Phi) is 6.01. The first-order chi connectivity index (χ1) is 13.9. The van der Waals surface area contributed by atoms with Crippen molar-refractivity contribution in [3.8, 4) is 0 Å². The number of carbonyl (C=O) groups is 1. The lowest BCUT2D eigenvalue weighted by atomic mass is 10.1. The minimum atomic E-state index is -4.80. The summed E-state index contributed by atoms with van der Waals surface area (Å²) in [5.74, 6) is -1.41. The van der Waals surface area contributed by atoms with Gasteiger partial charge in [-0.1, -0.05) is 18.5 Å². The van der Waals surface area contributed by atoms with Crippen LogP contribution in [0, 0.1) is 6.92 Å². The van der Waals surface area contributed by atoms with E-state index in [-0.39, 0.29) is 6.04 Å². The number of aromatic nitrogens is 1. The van der Waals surface area contributed by atoms with Gasteiger partial charge < -0.3 is 10.6 Å². The average Bonchev–Trinajstić information content (AvgIpc) is 3.47. The van der Waals surface area contributed by atoms with Crippen LogP contribution < -0.4 is 10.6 Å². The third kappa shape index (κ3) is 4.86. The fourth-order valence-electron chi connectivity index (χ4n) is 2.81. The highest BCUT2D eigenvalue weighted by molar-refractivity contribution is 7.91. The zero-order chi connectivity index (χ0) is 22.3. The predicted octanol–water partition coefficient (Wildman–Crippen LogP) is 4.68. The van der Waals surface area contributed by atoms with Crippen LogP contribution in [0.15, 0.2) is 29.3 Å². The molecule has 1 aromatic carbocycles. The van der Waals surface area contributed by atoms with Crippen LogP contribution in [0.3, 0.4) is 0 Å². The number of anilines is 2. The van der Waals surface area contributed by atoms with Crippen molar-refractivity contribution in [2.24, 2.45) is 0 Å². The van der Waals surface area contributed by atoms with Crippen LogP contribution in [0.5, 0.6) is 0 Å². The van der Waals surface area contributed by atoms with E-state index in [2.05, 4.69) is 15.6 Å². The van der Waals surface area contributed by atoms with Gasteiger partial charge in [-0.25, -0.2) is 13.4 Å². The highest BCUT2D eigenvalue weighted by Gasteiger charge is 2.34. The number of nitrogens with zero attached hydrogens (tertiary/aromatic N) is 1. The number of nitrogens with one attached hydrogen (secondary N) is 2. The molecule has 0 bridgehead atoms. The number of hydrogen-bond donors (Lipinski definition) is 2. The molecular formula is C19H19ClF3N3O3S. The van der Waals surface area contributed by atoms with Crippen LogP contribution >= 0.6 is 11.6 Å². The second kappa shape index (κ2) is 8.07. The summed E-state index contributed by atoms with van der Waals surface area (Å²) in [7, 11) is -4.14. The number of sulfone groups is 1. The van der Waals surface area contributed by atoms with Crippen molar-refractivity contribution in [3.05, 3.63) is 46.2 Å². The van der Waals surface area contributed by atoms with Crippen molar-refractivity contribution < 1.29 is 26.4 Å². The lowest BCUT2D eigenvalue weighted by molar-refractivity contribution is -0.138. The minimum Gasteiger partial charge on any atom is -0.381 e. The number of hydrogen-bond acceptors (Lipinski definition) is 5. The van der Waals surface area contributed by atoms with Crippen LogP contribution in [0.4, 0.5) is 24.5 Å². The van der Waals surface area contributed by atoms with Gasteiger partial charge in [0.15, 0.2) is 9.84 Å². The smallest absolute Gasteiger partial charge is 0.381 e. The number of benzene rings is 1. The minimum absolute atomic E-state index is 0.235. The van der Waals surface area contributed by atoms with Crippen LogP contribution in [0.1, 0.15) is 41.4 Å². The molecule has 30 heavy (non-hydrogen) atoms. The highest BCUT2D eigenvalue weighted by Crippen LogP contribution is 2.35. The van der Waals surface area contributed by atoms with Gasteiger partial charge in [0.25, 0.3) is 5.91 Å². The molecule has 3 rings (SSSR count). The SMILES string of the molecule is CCS(=O)(=O)c1cc(C(F)(F)F)cnc1C(=O)Nc1c(C)cc(Cl)cc1NC1CC1.